The van der Waals surface area contributed by atoms with Crippen LogP contribution in [0.2, 0.25) is 0 Å². The maximum atomic E-state index is 5.26. The predicted molar refractivity (Wildman–Crippen MR) is 88.3 cm³/mol. The maximum absolute atomic E-state index is 5.26. The molecule has 1 aromatic carbocycles. The van der Waals surface area contributed by atoms with Crippen molar-refractivity contribution < 1.29 is 4.74 Å². The van der Waals surface area contributed by atoms with Gasteiger partial charge in [0, 0.05) is 28.4 Å². The molecule has 5 heteroatoms. The van der Waals surface area contributed by atoms with Crippen LogP contribution in [0.25, 0.3) is 10.9 Å². The Morgan fingerprint density at radius 1 is 1.27 bits per heavy atom. The van der Waals surface area contributed by atoms with Gasteiger partial charge in [0.15, 0.2) is 0 Å². The smallest absolute Gasteiger partial charge is 0.133 e. The average molecular weight is 296 g/mol. The van der Waals surface area contributed by atoms with E-state index < -0.39 is 0 Å². The number of fused-ring (bicyclic) bond motifs is 1. The van der Waals surface area contributed by atoms with Gasteiger partial charge in [-0.25, -0.2) is 9.97 Å². The van der Waals surface area contributed by atoms with Gasteiger partial charge in [-0.15, -0.1) is 0 Å². The zero-order chi connectivity index (χ0) is 15.5. The van der Waals surface area contributed by atoms with Gasteiger partial charge in [-0.05, 0) is 37.6 Å². The Hall–Kier alpha value is -2.56. The lowest BCUT2D eigenvalue weighted by Crippen LogP contribution is -2.06. The molecule has 0 bridgehead atoms. The van der Waals surface area contributed by atoms with Crippen LogP contribution in [0.3, 0.4) is 0 Å². The average Bonchev–Trinajstić information content (AvgIpc) is 2.94. The van der Waals surface area contributed by atoms with E-state index in [1.54, 1.807) is 7.11 Å². The normalized spacial score (nSPS) is 10.9. The first-order valence-electron chi connectivity index (χ1n) is 7.41. The summed E-state index contributed by atoms with van der Waals surface area (Å²) in [6.07, 6.45) is 2.80. The molecule has 2 aromatic heterocycles. The number of nitrogens with one attached hydrogen (secondary N) is 2. The fourth-order valence-corrected chi connectivity index (χ4v) is 2.48. The van der Waals surface area contributed by atoms with Crippen LogP contribution >= 0.6 is 0 Å². The van der Waals surface area contributed by atoms with E-state index in [1.807, 2.05) is 31.3 Å². The molecule has 22 heavy (non-hydrogen) atoms. The highest BCUT2D eigenvalue weighted by atomic mass is 16.5. The number of H-pyrrole nitrogens is 1. The Bertz CT molecular complexity index is 794. The van der Waals surface area contributed by atoms with Crippen molar-refractivity contribution >= 4 is 16.7 Å². The summed E-state index contributed by atoms with van der Waals surface area (Å²) in [6.45, 7) is 4.70. The summed E-state index contributed by atoms with van der Waals surface area (Å²) in [5.74, 6) is 2.55. The van der Waals surface area contributed by atoms with E-state index in [-0.39, 0.29) is 0 Å². The number of benzene rings is 1. The first-order valence-corrected chi connectivity index (χ1v) is 7.41. The van der Waals surface area contributed by atoms with Crippen LogP contribution in [0.1, 0.15) is 24.0 Å². The van der Waals surface area contributed by atoms with E-state index in [2.05, 4.69) is 33.3 Å². The van der Waals surface area contributed by atoms with E-state index in [1.165, 1.54) is 0 Å². The van der Waals surface area contributed by atoms with Crippen molar-refractivity contribution in [2.24, 2.45) is 0 Å². The summed E-state index contributed by atoms with van der Waals surface area (Å²) in [4.78, 5) is 12.1. The topological polar surface area (TPSA) is 62.8 Å². The molecule has 2 N–H and O–H groups in total. The molecule has 0 aliphatic carbocycles. The molecule has 0 atom stereocenters. The van der Waals surface area contributed by atoms with Crippen molar-refractivity contribution in [1.29, 1.82) is 0 Å². The third kappa shape index (κ3) is 2.88. The van der Waals surface area contributed by atoms with Crippen molar-refractivity contribution in [2.45, 2.75) is 26.8 Å². The molecular weight excluding hydrogens is 276 g/mol. The minimum absolute atomic E-state index is 0.695. The third-order valence-electron chi connectivity index (χ3n) is 3.70. The van der Waals surface area contributed by atoms with E-state index in [0.717, 1.165) is 46.0 Å². The standard InChI is InChI=1S/C17H20N4O/c1-4-12-9-18-11(2)20-17(12)19-10-14-7-13-8-15(22-3)5-6-16(13)21-14/h5-9,21H,4,10H2,1-3H3,(H,18,19,20). The first-order chi connectivity index (χ1) is 10.7. The lowest BCUT2D eigenvalue weighted by atomic mass is 10.2. The number of methoxy groups -OCH3 is 1. The number of aromatic amines is 1. The maximum Gasteiger partial charge on any atom is 0.133 e. The number of hydrogen-bond acceptors (Lipinski definition) is 4. The van der Waals surface area contributed by atoms with Crippen LogP contribution in [0.15, 0.2) is 30.5 Å². The summed E-state index contributed by atoms with van der Waals surface area (Å²) in [5.41, 5.74) is 3.34. The van der Waals surface area contributed by atoms with Gasteiger partial charge in [0.05, 0.1) is 13.7 Å². The SMILES string of the molecule is CCc1cnc(C)nc1NCc1cc2cc(OC)ccc2[nH]1. The molecule has 3 aromatic rings. The molecule has 0 spiro atoms. The molecule has 5 nitrogen and oxygen atoms in total. The fraction of sp³-hybridized carbons (Fsp3) is 0.294. The number of anilines is 1. The van der Waals surface area contributed by atoms with Gasteiger partial charge in [-0.3, -0.25) is 0 Å². The van der Waals surface area contributed by atoms with Gasteiger partial charge in [0.25, 0.3) is 0 Å². The zero-order valence-electron chi connectivity index (χ0n) is 13.1. The van der Waals surface area contributed by atoms with Crippen molar-refractivity contribution in [2.75, 3.05) is 12.4 Å². The van der Waals surface area contributed by atoms with E-state index >= 15 is 0 Å². The largest absolute Gasteiger partial charge is 0.497 e. The van der Waals surface area contributed by atoms with Gasteiger partial charge in [-0.2, -0.15) is 0 Å². The molecule has 0 aliphatic rings. The number of ether oxygens (including phenoxy) is 1. The molecule has 3 rings (SSSR count). The fourth-order valence-electron chi connectivity index (χ4n) is 2.48. The number of hydrogen-bond donors (Lipinski definition) is 2. The van der Waals surface area contributed by atoms with Gasteiger partial charge < -0.3 is 15.0 Å². The quantitative estimate of drug-likeness (QED) is 0.757. The van der Waals surface area contributed by atoms with Gasteiger partial charge >= 0.3 is 0 Å². The molecule has 0 saturated carbocycles. The van der Waals surface area contributed by atoms with Crippen LogP contribution in [0.4, 0.5) is 5.82 Å². The lowest BCUT2D eigenvalue weighted by Gasteiger charge is -2.09. The highest BCUT2D eigenvalue weighted by Gasteiger charge is 2.06. The second-order valence-corrected chi connectivity index (χ2v) is 5.25. The highest BCUT2D eigenvalue weighted by molar-refractivity contribution is 5.82. The Labute approximate surface area is 129 Å². The minimum atomic E-state index is 0.695. The molecule has 0 radical (unpaired) electrons. The van der Waals surface area contributed by atoms with Crippen LogP contribution in [-0.2, 0) is 13.0 Å². The number of aromatic nitrogens is 3. The Morgan fingerprint density at radius 2 is 2.14 bits per heavy atom. The van der Waals surface area contributed by atoms with Crippen LogP contribution in [0.5, 0.6) is 5.75 Å². The molecule has 0 fully saturated rings. The number of rotatable bonds is 5. The Kier molecular flexibility index (Phi) is 3.96. The highest BCUT2D eigenvalue weighted by Crippen LogP contribution is 2.22. The van der Waals surface area contributed by atoms with Crippen LogP contribution < -0.4 is 10.1 Å². The second kappa shape index (κ2) is 6.05. The van der Waals surface area contributed by atoms with Gasteiger partial charge in [0.1, 0.15) is 17.4 Å². The molecule has 0 unspecified atom stereocenters. The van der Waals surface area contributed by atoms with E-state index in [0.29, 0.717) is 6.54 Å². The van der Waals surface area contributed by atoms with Gasteiger partial charge in [0.2, 0.25) is 0 Å². The van der Waals surface area contributed by atoms with E-state index in [4.69, 9.17) is 4.74 Å². The van der Waals surface area contributed by atoms with Crippen molar-refractivity contribution in [1.82, 2.24) is 15.0 Å². The Morgan fingerprint density at radius 3 is 2.91 bits per heavy atom. The molecule has 0 saturated heterocycles. The van der Waals surface area contributed by atoms with Gasteiger partial charge in [-0.1, -0.05) is 6.92 Å². The predicted octanol–water partition coefficient (Wildman–Crippen LogP) is 3.45. The molecule has 114 valence electrons. The summed E-state index contributed by atoms with van der Waals surface area (Å²) >= 11 is 0. The number of aryl methyl sites for hydroxylation is 2. The van der Waals surface area contributed by atoms with E-state index in [9.17, 15) is 0 Å². The summed E-state index contributed by atoms with van der Waals surface area (Å²) in [7, 11) is 1.68. The molecule has 0 aliphatic heterocycles. The second-order valence-electron chi connectivity index (χ2n) is 5.25. The minimum Gasteiger partial charge on any atom is -0.497 e. The first kappa shape index (κ1) is 14.4. The number of nitrogens with zero attached hydrogens (tertiary/aromatic N) is 2. The Balaban J connectivity index is 1.80. The summed E-state index contributed by atoms with van der Waals surface area (Å²) in [5, 5.41) is 4.54. The van der Waals surface area contributed by atoms with Crippen molar-refractivity contribution in [3.05, 3.63) is 47.5 Å². The molecule has 0 amide bonds. The summed E-state index contributed by atoms with van der Waals surface area (Å²) in [6, 6.07) is 8.15. The zero-order valence-corrected chi connectivity index (χ0v) is 13.1. The van der Waals surface area contributed by atoms with Crippen molar-refractivity contribution in [3.8, 4) is 5.75 Å². The van der Waals surface area contributed by atoms with Crippen LogP contribution in [0, 0.1) is 6.92 Å². The van der Waals surface area contributed by atoms with Crippen molar-refractivity contribution in [3.63, 3.8) is 0 Å². The lowest BCUT2D eigenvalue weighted by molar-refractivity contribution is 0.415. The monoisotopic (exact) mass is 296 g/mol. The molecule has 2 heterocycles. The molecular formula is C17H20N4O. The third-order valence-corrected chi connectivity index (χ3v) is 3.70. The summed E-state index contributed by atoms with van der Waals surface area (Å²) < 4.78 is 5.26. The van der Waals surface area contributed by atoms with Crippen LogP contribution in [-0.4, -0.2) is 22.1 Å².